The lowest BCUT2D eigenvalue weighted by Crippen LogP contribution is -1.96. The van der Waals surface area contributed by atoms with E-state index in [0.717, 1.165) is 34.0 Å². The van der Waals surface area contributed by atoms with Crippen molar-refractivity contribution >= 4 is 34.6 Å². The summed E-state index contributed by atoms with van der Waals surface area (Å²) in [6.45, 7) is 5.77. The lowest BCUT2D eigenvalue weighted by Gasteiger charge is -2.06. The van der Waals surface area contributed by atoms with Crippen LogP contribution in [0.1, 0.15) is 6.92 Å². The Hall–Kier alpha value is -3.31. The largest absolute Gasteiger partial charge is 0.360 e. The molecule has 6 heteroatoms. The number of fused-ring (bicyclic) bond motifs is 1. The zero-order chi connectivity index (χ0) is 18.8. The monoisotopic (exact) mass is 375 g/mol. The smallest absolute Gasteiger partial charge is 0.247 e. The van der Waals surface area contributed by atoms with Crippen LogP contribution in [0.3, 0.4) is 0 Å². The van der Waals surface area contributed by atoms with E-state index in [0.29, 0.717) is 11.0 Å². The van der Waals surface area contributed by atoms with Gasteiger partial charge in [-0.1, -0.05) is 36.4 Å². The van der Waals surface area contributed by atoms with Crippen molar-refractivity contribution < 1.29 is 0 Å². The fraction of sp³-hybridized carbons (Fsp3) is 0.0476. The molecule has 27 heavy (non-hydrogen) atoms. The fourth-order valence-corrected chi connectivity index (χ4v) is 2.94. The maximum absolute atomic E-state index is 6.00. The number of hydrogen-bond acceptors (Lipinski definition) is 4. The first kappa shape index (κ1) is 17.1. The molecule has 2 aromatic heterocycles. The summed E-state index contributed by atoms with van der Waals surface area (Å²) < 4.78 is 1.82. The maximum atomic E-state index is 6.00. The molecular formula is C21H18ClN5. The molecule has 0 saturated carbocycles. The topological polar surface area (TPSA) is 54.2 Å². The third-order valence-corrected chi connectivity index (χ3v) is 4.25. The first-order chi connectivity index (χ1) is 13.1. The number of halogens is 1. The number of nitrogens with one attached hydrogen (secondary N) is 2. The Bertz CT molecular complexity index is 1100. The molecule has 4 aromatic rings. The number of pyridine rings is 1. The number of rotatable bonds is 5. The number of allylic oxidation sites excluding steroid dienone is 1. The van der Waals surface area contributed by atoms with Gasteiger partial charge in [0.05, 0.1) is 5.69 Å². The van der Waals surface area contributed by atoms with Crippen LogP contribution in [0, 0.1) is 0 Å². The van der Waals surface area contributed by atoms with Gasteiger partial charge in [0.25, 0.3) is 0 Å². The highest BCUT2D eigenvalue weighted by atomic mass is 35.5. The van der Waals surface area contributed by atoms with Gasteiger partial charge in [-0.15, -0.1) is 5.10 Å². The molecule has 0 unspecified atom stereocenters. The van der Waals surface area contributed by atoms with Crippen molar-refractivity contribution in [1.29, 1.82) is 0 Å². The van der Waals surface area contributed by atoms with E-state index >= 15 is 0 Å². The molecule has 2 heterocycles. The van der Waals surface area contributed by atoms with E-state index in [2.05, 4.69) is 27.3 Å². The van der Waals surface area contributed by atoms with Crippen molar-refractivity contribution in [3.63, 3.8) is 0 Å². The Morgan fingerprint density at radius 3 is 2.37 bits per heavy atom. The van der Waals surface area contributed by atoms with E-state index in [4.69, 9.17) is 11.6 Å². The van der Waals surface area contributed by atoms with E-state index in [1.165, 1.54) is 0 Å². The van der Waals surface area contributed by atoms with Crippen molar-refractivity contribution in [3.8, 4) is 11.3 Å². The van der Waals surface area contributed by atoms with Gasteiger partial charge in [-0.25, -0.2) is 4.52 Å². The molecule has 0 saturated heterocycles. The van der Waals surface area contributed by atoms with Crippen molar-refractivity contribution in [2.45, 2.75) is 6.92 Å². The molecule has 134 valence electrons. The summed E-state index contributed by atoms with van der Waals surface area (Å²) in [5.74, 6) is 0.539. The second kappa shape index (κ2) is 7.13. The first-order valence-corrected chi connectivity index (χ1v) is 8.88. The van der Waals surface area contributed by atoms with Gasteiger partial charge in [0.2, 0.25) is 5.95 Å². The molecule has 0 spiro atoms. The Morgan fingerprint density at radius 1 is 0.963 bits per heavy atom. The van der Waals surface area contributed by atoms with E-state index in [9.17, 15) is 0 Å². The van der Waals surface area contributed by atoms with Gasteiger partial charge in [-0.3, -0.25) is 0 Å². The summed E-state index contributed by atoms with van der Waals surface area (Å²) >= 11 is 6.00. The predicted molar refractivity (Wildman–Crippen MR) is 112 cm³/mol. The number of nitrogens with zero attached hydrogens (tertiary/aromatic N) is 3. The lowest BCUT2D eigenvalue weighted by molar-refractivity contribution is 0.973. The van der Waals surface area contributed by atoms with Gasteiger partial charge in [0.1, 0.15) is 0 Å². The van der Waals surface area contributed by atoms with Crippen molar-refractivity contribution in [1.82, 2.24) is 14.6 Å². The van der Waals surface area contributed by atoms with Crippen LogP contribution in [-0.2, 0) is 0 Å². The summed E-state index contributed by atoms with van der Waals surface area (Å²) in [7, 11) is 0. The zero-order valence-corrected chi connectivity index (χ0v) is 15.5. The minimum Gasteiger partial charge on any atom is -0.360 e. The molecule has 5 nitrogen and oxygen atoms in total. The van der Waals surface area contributed by atoms with Gasteiger partial charge in [-0.05, 0) is 55.5 Å². The quantitative estimate of drug-likeness (QED) is 0.467. The average Bonchev–Trinajstić information content (AvgIpc) is 3.06. The second-order valence-electron chi connectivity index (χ2n) is 6.23. The number of anilines is 3. The van der Waals surface area contributed by atoms with Crippen LogP contribution in [0.5, 0.6) is 0 Å². The highest BCUT2D eigenvalue weighted by molar-refractivity contribution is 6.30. The molecule has 0 amide bonds. The van der Waals surface area contributed by atoms with E-state index < -0.39 is 0 Å². The Labute approximate surface area is 162 Å². The summed E-state index contributed by atoms with van der Waals surface area (Å²) in [5.41, 5.74) is 5.53. The number of benzene rings is 2. The lowest BCUT2D eigenvalue weighted by atomic mass is 10.1. The number of aromatic nitrogens is 3. The zero-order valence-electron chi connectivity index (χ0n) is 14.8. The van der Waals surface area contributed by atoms with Gasteiger partial charge in [-0.2, -0.15) is 4.98 Å². The highest BCUT2D eigenvalue weighted by Crippen LogP contribution is 2.24. The van der Waals surface area contributed by atoms with Crippen LogP contribution in [-0.4, -0.2) is 14.6 Å². The van der Waals surface area contributed by atoms with Gasteiger partial charge in [0, 0.05) is 27.7 Å². The first-order valence-electron chi connectivity index (χ1n) is 8.50. The minimum absolute atomic E-state index is 0.539. The van der Waals surface area contributed by atoms with Crippen LogP contribution in [0.25, 0.3) is 16.9 Å². The molecule has 0 aliphatic carbocycles. The minimum atomic E-state index is 0.539. The average molecular weight is 376 g/mol. The standard InChI is InChI=1S/C21H18ClN5/c1-14(2)23-17-10-12-18(13-11-17)24-21-25-20-5-3-4-19(27(20)26-21)15-6-8-16(22)9-7-15/h3-13,23H,1H2,2H3,(H,24,26). The Morgan fingerprint density at radius 2 is 1.67 bits per heavy atom. The summed E-state index contributed by atoms with van der Waals surface area (Å²) in [6.07, 6.45) is 0. The molecule has 4 rings (SSSR count). The maximum Gasteiger partial charge on any atom is 0.247 e. The molecule has 0 fully saturated rings. The van der Waals surface area contributed by atoms with E-state index in [1.54, 1.807) is 0 Å². The van der Waals surface area contributed by atoms with E-state index in [1.807, 2.05) is 78.2 Å². The third kappa shape index (κ3) is 3.78. The molecule has 2 N–H and O–H groups in total. The fourth-order valence-electron chi connectivity index (χ4n) is 2.81. The molecular weight excluding hydrogens is 358 g/mol. The normalized spacial score (nSPS) is 10.7. The summed E-state index contributed by atoms with van der Waals surface area (Å²) in [4.78, 5) is 4.57. The Kier molecular flexibility index (Phi) is 4.52. The second-order valence-corrected chi connectivity index (χ2v) is 6.67. The van der Waals surface area contributed by atoms with Gasteiger partial charge < -0.3 is 10.6 Å². The van der Waals surface area contributed by atoms with Gasteiger partial charge >= 0.3 is 0 Å². The van der Waals surface area contributed by atoms with E-state index in [-0.39, 0.29) is 0 Å². The van der Waals surface area contributed by atoms with Crippen molar-refractivity contribution in [2.75, 3.05) is 10.6 Å². The molecule has 0 aliphatic heterocycles. The molecule has 2 aromatic carbocycles. The van der Waals surface area contributed by atoms with Crippen LogP contribution in [0.15, 0.2) is 79.0 Å². The summed E-state index contributed by atoms with van der Waals surface area (Å²) in [6, 6.07) is 21.5. The number of hydrogen-bond donors (Lipinski definition) is 2. The van der Waals surface area contributed by atoms with Crippen molar-refractivity contribution in [3.05, 3.63) is 84.0 Å². The highest BCUT2D eigenvalue weighted by Gasteiger charge is 2.09. The molecule has 0 radical (unpaired) electrons. The van der Waals surface area contributed by atoms with Crippen molar-refractivity contribution in [2.24, 2.45) is 0 Å². The van der Waals surface area contributed by atoms with Crippen LogP contribution < -0.4 is 10.6 Å². The molecule has 0 atom stereocenters. The summed E-state index contributed by atoms with van der Waals surface area (Å²) in [5, 5.41) is 11.7. The van der Waals surface area contributed by atoms with Crippen LogP contribution >= 0.6 is 11.6 Å². The Balaban J connectivity index is 1.63. The molecule has 0 aliphatic rings. The third-order valence-electron chi connectivity index (χ3n) is 4.00. The van der Waals surface area contributed by atoms with Crippen LogP contribution in [0.2, 0.25) is 5.02 Å². The SMILES string of the molecule is C=C(C)Nc1ccc(Nc2nc3cccc(-c4ccc(Cl)cc4)n3n2)cc1. The predicted octanol–water partition coefficient (Wildman–Crippen LogP) is 5.74. The van der Waals surface area contributed by atoms with Crippen LogP contribution in [0.4, 0.5) is 17.3 Å². The van der Waals surface area contributed by atoms with Gasteiger partial charge in [0.15, 0.2) is 5.65 Å². The molecule has 0 bridgehead atoms.